The van der Waals surface area contributed by atoms with Crippen LogP contribution in [0.1, 0.15) is 48.8 Å². The van der Waals surface area contributed by atoms with Crippen LogP contribution in [0.5, 0.6) is 0 Å². The molecule has 2 amide bonds. The first-order valence-corrected chi connectivity index (χ1v) is 15.6. The molecule has 7 heteroatoms. The number of rotatable bonds is 10. The summed E-state index contributed by atoms with van der Waals surface area (Å²) in [7, 11) is 0. The van der Waals surface area contributed by atoms with Crippen LogP contribution in [0, 0.1) is 11.8 Å². The Labute approximate surface area is 260 Å². The number of aliphatic hydroxyl groups is 1. The lowest BCUT2D eigenvalue weighted by Crippen LogP contribution is -2.45. The minimum absolute atomic E-state index is 0.0154. The van der Waals surface area contributed by atoms with Crippen molar-refractivity contribution < 1.29 is 24.2 Å². The van der Waals surface area contributed by atoms with Crippen molar-refractivity contribution >= 4 is 17.8 Å². The summed E-state index contributed by atoms with van der Waals surface area (Å²) in [5.74, 6) is -1.68. The van der Waals surface area contributed by atoms with Crippen LogP contribution in [-0.2, 0) is 38.4 Å². The molecule has 0 spiro atoms. The van der Waals surface area contributed by atoms with Crippen LogP contribution in [-0.4, -0.2) is 48.2 Å². The van der Waals surface area contributed by atoms with Gasteiger partial charge in [0.25, 0.3) is 0 Å². The molecule has 0 saturated carbocycles. The third-order valence-electron chi connectivity index (χ3n) is 7.98. The lowest BCUT2D eigenvalue weighted by Gasteiger charge is -2.24. The molecule has 3 N–H and O–H groups in total. The summed E-state index contributed by atoms with van der Waals surface area (Å²) in [4.78, 5) is 40.1. The average molecular weight is 597 g/mol. The summed E-state index contributed by atoms with van der Waals surface area (Å²) in [5, 5.41) is 15.9. The molecule has 0 unspecified atom stereocenters. The molecule has 1 aliphatic rings. The molecule has 0 fully saturated rings. The van der Waals surface area contributed by atoms with E-state index in [1.54, 1.807) is 0 Å². The summed E-state index contributed by atoms with van der Waals surface area (Å²) < 4.78 is 5.87. The maximum atomic E-state index is 13.6. The van der Waals surface area contributed by atoms with E-state index in [0.717, 1.165) is 29.5 Å². The summed E-state index contributed by atoms with van der Waals surface area (Å²) >= 11 is 0. The lowest BCUT2D eigenvalue weighted by atomic mass is 9.93. The van der Waals surface area contributed by atoms with Gasteiger partial charge >= 0.3 is 5.97 Å². The van der Waals surface area contributed by atoms with Gasteiger partial charge in [-0.05, 0) is 61.6 Å². The van der Waals surface area contributed by atoms with Gasteiger partial charge in [-0.1, -0.05) is 103 Å². The fraction of sp³-hybridized carbons (Fsp3) is 0.378. The molecule has 0 aliphatic carbocycles. The van der Waals surface area contributed by atoms with E-state index in [0.29, 0.717) is 32.1 Å². The second-order valence-corrected chi connectivity index (χ2v) is 11.6. The first-order valence-electron chi connectivity index (χ1n) is 15.6. The number of hydrogen-bond donors (Lipinski definition) is 3. The van der Waals surface area contributed by atoms with E-state index in [-0.39, 0.29) is 43.3 Å². The fourth-order valence-corrected chi connectivity index (χ4v) is 5.59. The number of cyclic esters (lactones) is 1. The Morgan fingerprint density at radius 1 is 0.841 bits per heavy atom. The molecule has 232 valence electrons. The Kier molecular flexibility index (Phi) is 13.2. The Morgan fingerprint density at radius 2 is 1.45 bits per heavy atom. The highest BCUT2D eigenvalue weighted by molar-refractivity contribution is 5.86. The third kappa shape index (κ3) is 11.1. The van der Waals surface area contributed by atoms with Gasteiger partial charge in [0.15, 0.2) is 0 Å². The smallest absolute Gasteiger partial charge is 0.309 e. The second kappa shape index (κ2) is 17.8. The molecule has 4 atom stereocenters. The fourth-order valence-electron chi connectivity index (χ4n) is 5.59. The van der Waals surface area contributed by atoms with Crippen molar-refractivity contribution in [3.63, 3.8) is 0 Å². The predicted octanol–water partition coefficient (Wildman–Crippen LogP) is 4.97. The van der Waals surface area contributed by atoms with Gasteiger partial charge in [-0.2, -0.15) is 0 Å². The number of esters is 1. The number of carbonyl (C=O) groups excluding carboxylic acids is 3. The number of carbonyl (C=O) groups is 3. The summed E-state index contributed by atoms with van der Waals surface area (Å²) in [6, 6.07) is 28.5. The van der Waals surface area contributed by atoms with Gasteiger partial charge < -0.3 is 20.5 Å². The van der Waals surface area contributed by atoms with Crippen LogP contribution in [0.25, 0.3) is 0 Å². The Bertz CT molecular complexity index is 1330. The van der Waals surface area contributed by atoms with Crippen molar-refractivity contribution in [2.75, 3.05) is 13.2 Å². The normalized spacial score (nSPS) is 20.5. The van der Waals surface area contributed by atoms with Gasteiger partial charge in [-0.3, -0.25) is 14.4 Å². The van der Waals surface area contributed by atoms with E-state index < -0.39 is 18.0 Å². The van der Waals surface area contributed by atoms with Crippen LogP contribution in [0.3, 0.4) is 0 Å². The first kappa shape index (κ1) is 32.7. The SMILES string of the molecule is O=C(C[C@H]1CC=CCCC[C@H](Cc2ccccc2)C(=O)OC[C@@H](Cc2ccccc2)NC1=O)N[C@@H](CO)Cc1ccccc1. The minimum atomic E-state index is -0.606. The van der Waals surface area contributed by atoms with Crippen molar-refractivity contribution in [3.05, 3.63) is 120 Å². The molecule has 1 heterocycles. The quantitative estimate of drug-likeness (QED) is 0.226. The average Bonchev–Trinajstić information content (AvgIpc) is 3.04. The van der Waals surface area contributed by atoms with Gasteiger partial charge in [-0.15, -0.1) is 0 Å². The number of ether oxygens (including phenoxy) is 1. The van der Waals surface area contributed by atoms with Gasteiger partial charge in [-0.25, -0.2) is 0 Å². The van der Waals surface area contributed by atoms with Gasteiger partial charge in [0.2, 0.25) is 11.8 Å². The number of amides is 2. The monoisotopic (exact) mass is 596 g/mol. The standard InChI is InChI=1S/C37H44N2O5/c40-26-33(23-29-16-8-4-9-17-29)38-35(41)25-31-20-12-1-2-13-21-32(22-28-14-6-3-7-15-28)37(43)44-27-34(39-36(31)42)24-30-18-10-5-11-19-30/h1,3-12,14-19,31-34,40H,2,13,20-27H2,(H,38,41)(H,39,42)/t31-,32-,33-,34-/m1/s1. The molecule has 1 aliphatic heterocycles. The summed E-state index contributed by atoms with van der Waals surface area (Å²) in [6.07, 6.45) is 8.25. The van der Waals surface area contributed by atoms with Gasteiger partial charge in [0.05, 0.1) is 30.5 Å². The predicted molar refractivity (Wildman–Crippen MR) is 172 cm³/mol. The zero-order valence-electron chi connectivity index (χ0n) is 25.3. The van der Waals surface area contributed by atoms with Crippen molar-refractivity contribution in [2.45, 2.75) is 63.5 Å². The number of aliphatic hydroxyl groups excluding tert-OH is 1. The zero-order valence-corrected chi connectivity index (χ0v) is 25.3. The lowest BCUT2D eigenvalue weighted by molar-refractivity contribution is -0.150. The highest BCUT2D eigenvalue weighted by Gasteiger charge is 2.27. The topological polar surface area (TPSA) is 105 Å². The number of nitrogens with one attached hydrogen (secondary N) is 2. The minimum Gasteiger partial charge on any atom is -0.463 e. The molecule has 3 aromatic rings. The van der Waals surface area contributed by atoms with Gasteiger partial charge in [0.1, 0.15) is 6.61 Å². The van der Waals surface area contributed by atoms with E-state index in [1.807, 2.05) is 103 Å². The Balaban J connectivity index is 1.46. The first-order chi connectivity index (χ1) is 21.5. The van der Waals surface area contributed by atoms with Crippen molar-refractivity contribution in [3.8, 4) is 0 Å². The van der Waals surface area contributed by atoms with Crippen LogP contribution in [0.4, 0.5) is 0 Å². The molecule has 0 saturated heterocycles. The molecule has 0 bridgehead atoms. The zero-order chi connectivity index (χ0) is 31.0. The second-order valence-electron chi connectivity index (χ2n) is 11.6. The molecule has 44 heavy (non-hydrogen) atoms. The van der Waals surface area contributed by atoms with E-state index in [9.17, 15) is 19.5 Å². The molecule has 0 radical (unpaired) electrons. The van der Waals surface area contributed by atoms with Crippen molar-refractivity contribution in [1.82, 2.24) is 10.6 Å². The summed E-state index contributed by atoms with van der Waals surface area (Å²) in [6.45, 7) is -0.156. The Morgan fingerprint density at radius 3 is 2.09 bits per heavy atom. The van der Waals surface area contributed by atoms with E-state index in [2.05, 4.69) is 10.6 Å². The third-order valence-corrected chi connectivity index (χ3v) is 7.98. The van der Waals surface area contributed by atoms with Crippen LogP contribution in [0.2, 0.25) is 0 Å². The largest absolute Gasteiger partial charge is 0.463 e. The molecular weight excluding hydrogens is 552 g/mol. The van der Waals surface area contributed by atoms with E-state index >= 15 is 0 Å². The van der Waals surface area contributed by atoms with Crippen molar-refractivity contribution in [2.24, 2.45) is 11.8 Å². The molecular formula is C37H44N2O5. The van der Waals surface area contributed by atoms with Gasteiger partial charge in [0, 0.05) is 6.42 Å². The number of benzene rings is 3. The molecule has 4 rings (SSSR count). The van der Waals surface area contributed by atoms with Crippen LogP contribution >= 0.6 is 0 Å². The highest BCUT2D eigenvalue weighted by Crippen LogP contribution is 2.20. The van der Waals surface area contributed by atoms with Crippen LogP contribution in [0.15, 0.2) is 103 Å². The summed E-state index contributed by atoms with van der Waals surface area (Å²) in [5.41, 5.74) is 3.11. The van der Waals surface area contributed by atoms with E-state index in [1.165, 1.54) is 0 Å². The van der Waals surface area contributed by atoms with E-state index in [4.69, 9.17) is 4.74 Å². The number of hydrogen-bond acceptors (Lipinski definition) is 5. The molecule has 0 aromatic heterocycles. The molecule has 7 nitrogen and oxygen atoms in total. The molecule has 3 aromatic carbocycles. The highest BCUT2D eigenvalue weighted by atomic mass is 16.5. The number of allylic oxidation sites excluding steroid dienone is 2. The van der Waals surface area contributed by atoms with Crippen LogP contribution < -0.4 is 10.6 Å². The maximum absolute atomic E-state index is 13.6. The Hall–Kier alpha value is -4.23. The maximum Gasteiger partial charge on any atom is 0.309 e. The van der Waals surface area contributed by atoms with Crippen molar-refractivity contribution in [1.29, 1.82) is 0 Å².